The van der Waals surface area contributed by atoms with E-state index < -0.39 is 11.9 Å². The Hall–Kier alpha value is -3.60. The summed E-state index contributed by atoms with van der Waals surface area (Å²) < 4.78 is 31.6. The highest BCUT2D eigenvalue weighted by atomic mass is 35.5. The molecule has 254 valence electrons. The maximum atomic E-state index is 13.3. The lowest BCUT2D eigenvalue weighted by Crippen LogP contribution is -2.40. The summed E-state index contributed by atoms with van der Waals surface area (Å²) in [6.45, 7) is 4.78. The molecule has 1 heterocycles. The van der Waals surface area contributed by atoms with Gasteiger partial charge < -0.3 is 33.3 Å². The van der Waals surface area contributed by atoms with Gasteiger partial charge in [-0.2, -0.15) is 0 Å². The normalized spacial score (nSPS) is 14.4. The van der Waals surface area contributed by atoms with E-state index in [1.165, 1.54) is 0 Å². The minimum Gasteiger partial charge on any atom is -0.491 e. The van der Waals surface area contributed by atoms with Gasteiger partial charge in [0.1, 0.15) is 31.3 Å². The molecular formula is C36H43Cl2NO8. The van der Waals surface area contributed by atoms with Gasteiger partial charge in [-0.05, 0) is 60.0 Å². The Morgan fingerprint density at radius 1 is 0.766 bits per heavy atom. The van der Waals surface area contributed by atoms with Gasteiger partial charge in [-0.15, -0.1) is 11.6 Å². The van der Waals surface area contributed by atoms with Crippen molar-refractivity contribution < 1.29 is 38.0 Å². The van der Waals surface area contributed by atoms with Crippen molar-refractivity contribution >= 4 is 35.1 Å². The summed E-state index contributed by atoms with van der Waals surface area (Å²) >= 11 is 11.7. The number of halogens is 2. The molecule has 0 aromatic heterocycles. The summed E-state index contributed by atoms with van der Waals surface area (Å²) in [5, 5.41) is 0.590. The number of hydrogen-bond donors (Lipinski definition) is 0. The second-order valence-corrected chi connectivity index (χ2v) is 11.2. The van der Waals surface area contributed by atoms with Crippen LogP contribution in [0.1, 0.15) is 36.0 Å². The monoisotopic (exact) mass is 687 g/mol. The Morgan fingerprint density at radius 3 is 1.81 bits per heavy atom. The number of hydrogen-bond acceptors (Lipinski definition) is 8. The van der Waals surface area contributed by atoms with Gasteiger partial charge in [0.25, 0.3) is 0 Å². The molecule has 0 saturated carbocycles. The number of alkyl halides is 1. The predicted octanol–water partition coefficient (Wildman–Crippen LogP) is 6.80. The standard InChI is InChI=1S/C26H30ClNO6.C10H13ClO2/c1-18-25(26(30)34-17-19-4-10-22(11-5-19)33-15-14-32-3)23(20-6-8-21(27)9-7-20)16-24(29)28(18)12-13-31-2;1-12-6-7-13-10-4-2-9(8-11)3-5-10/h4-11,23H,12-17H2,1-3H3;2-5H,6-8H2,1H3. The van der Waals surface area contributed by atoms with Crippen molar-refractivity contribution in [1.29, 1.82) is 0 Å². The average molecular weight is 689 g/mol. The van der Waals surface area contributed by atoms with Gasteiger partial charge in [0.15, 0.2) is 0 Å². The summed E-state index contributed by atoms with van der Waals surface area (Å²) in [5.74, 6) is 1.19. The number of methoxy groups -OCH3 is 3. The summed E-state index contributed by atoms with van der Waals surface area (Å²) in [5.41, 5.74) is 3.82. The molecule has 3 aromatic rings. The number of esters is 1. The number of benzene rings is 3. The summed E-state index contributed by atoms with van der Waals surface area (Å²) in [7, 11) is 4.85. The molecule has 4 rings (SSSR count). The van der Waals surface area contributed by atoms with Gasteiger partial charge in [-0.25, -0.2) is 4.79 Å². The Balaban J connectivity index is 0.000000386. The maximum absolute atomic E-state index is 13.3. The Labute approximate surface area is 287 Å². The largest absolute Gasteiger partial charge is 0.491 e. The zero-order chi connectivity index (χ0) is 34.0. The number of carbonyl (C=O) groups is 2. The SMILES string of the molecule is COCCOc1ccc(CCl)cc1.COCCOc1ccc(COC(=O)C2=C(C)N(CCOC)C(=O)CC2c2ccc(Cl)cc2)cc1. The van der Waals surface area contributed by atoms with Crippen LogP contribution in [0.15, 0.2) is 84.1 Å². The lowest BCUT2D eigenvalue weighted by molar-refractivity contribution is -0.141. The molecule has 1 amide bonds. The van der Waals surface area contributed by atoms with Crippen molar-refractivity contribution in [2.24, 2.45) is 0 Å². The first-order chi connectivity index (χ1) is 22.8. The predicted molar refractivity (Wildman–Crippen MR) is 182 cm³/mol. The molecular weight excluding hydrogens is 645 g/mol. The van der Waals surface area contributed by atoms with Crippen LogP contribution >= 0.6 is 23.2 Å². The molecule has 0 aliphatic carbocycles. The number of rotatable bonds is 16. The molecule has 3 aromatic carbocycles. The van der Waals surface area contributed by atoms with E-state index in [4.69, 9.17) is 51.6 Å². The number of nitrogens with zero attached hydrogens (tertiary/aromatic N) is 1. The van der Waals surface area contributed by atoms with Crippen LogP contribution in [-0.4, -0.2) is 77.7 Å². The minimum atomic E-state index is -0.451. The summed E-state index contributed by atoms with van der Waals surface area (Å²) in [6, 6.07) is 22.3. The zero-order valence-electron chi connectivity index (χ0n) is 27.3. The van der Waals surface area contributed by atoms with E-state index in [9.17, 15) is 9.59 Å². The third-order valence-electron chi connectivity index (χ3n) is 7.32. The van der Waals surface area contributed by atoms with E-state index in [1.807, 2.05) is 60.7 Å². The number of carbonyl (C=O) groups excluding carboxylic acids is 2. The van der Waals surface area contributed by atoms with Crippen LogP contribution in [0.25, 0.3) is 0 Å². The van der Waals surface area contributed by atoms with Crippen LogP contribution in [0.3, 0.4) is 0 Å². The van der Waals surface area contributed by atoms with Crippen molar-refractivity contribution in [3.63, 3.8) is 0 Å². The molecule has 0 radical (unpaired) electrons. The van der Waals surface area contributed by atoms with Gasteiger partial charge in [0.2, 0.25) is 5.91 Å². The van der Waals surface area contributed by atoms with E-state index in [2.05, 4.69) is 0 Å². The smallest absolute Gasteiger partial charge is 0.336 e. The molecule has 9 nitrogen and oxygen atoms in total. The molecule has 1 aliphatic heterocycles. The van der Waals surface area contributed by atoms with Crippen LogP contribution in [0.4, 0.5) is 0 Å². The third-order valence-corrected chi connectivity index (χ3v) is 7.88. The first kappa shape index (κ1) is 37.9. The van der Waals surface area contributed by atoms with Gasteiger partial charge in [0, 0.05) is 56.8 Å². The fourth-order valence-corrected chi connectivity index (χ4v) is 5.09. The fourth-order valence-electron chi connectivity index (χ4n) is 4.79. The number of ether oxygens (including phenoxy) is 6. The molecule has 11 heteroatoms. The molecule has 1 atom stereocenters. The van der Waals surface area contributed by atoms with Crippen molar-refractivity contribution in [3.05, 3.63) is 106 Å². The number of allylic oxidation sites excluding steroid dienone is 1. The molecule has 0 saturated heterocycles. The van der Waals surface area contributed by atoms with E-state index in [1.54, 1.807) is 45.3 Å². The van der Waals surface area contributed by atoms with Gasteiger partial charge >= 0.3 is 5.97 Å². The van der Waals surface area contributed by atoms with Crippen molar-refractivity contribution in [2.75, 3.05) is 60.9 Å². The molecule has 0 N–H and O–H groups in total. The molecule has 1 aliphatic rings. The van der Waals surface area contributed by atoms with Crippen LogP contribution in [-0.2, 0) is 41.0 Å². The van der Waals surface area contributed by atoms with E-state index in [0.29, 0.717) is 67.5 Å². The molecule has 47 heavy (non-hydrogen) atoms. The lowest BCUT2D eigenvalue weighted by atomic mass is 9.83. The quantitative estimate of drug-likeness (QED) is 0.0923. The van der Waals surface area contributed by atoms with Gasteiger partial charge in [0.05, 0.1) is 25.4 Å². The average Bonchev–Trinajstić information content (AvgIpc) is 3.08. The third kappa shape index (κ3) is 12.2. The highest BCUT2D eigenvalue weighted by molar-refractivity contribution is 6.30. The molecule has 0 bridgehead atoms. The van der Waals surface area contributed by atoms with Crippen LogP contribution in [0.2, 0.25) is 5.02 Å². The fraction of sp³-hybridized carbons (Fsp3) is 0.389. The van der Waals surface area contributed by atoms with Crippen molar-refractivity contribution in [1.82, 2.24) is 4.90 Å². The molecule has 1 unspecified atom stereocenters. The Bertz CT molecular complexity index is 1410. The highest BCUT2D eigenvalue weighted by Crippen LogP contribution is 2.37. The second kappa shape index (κ2) is 20.6. The Morgan fingerprint density at radius 2 is 1.30 bits per heavy atom. The van der Waals surface area contributed by atoms with E-state index in [0.717, 1.165) is 22.4 Å². The zero-order valence-corrected chi connectivity index (χ0v) is 28.9. The van der Waals surface area contributed by atoms with E-state index in [-0.39, 0.29) is 18.9 Å². The molecule has 0 spiro atoms. The molecule has 0 fully saturated rings. The minimum absolute atomic E-state index is 0.0601. The second-order valence-electron chi connectivity index (χ2n) is 10.5. The van der Waals surface area contributed by atoms with Crippen LogP contribution < -0.4 is 9.47 Å². The first-order valence-corrected chi connectivity index (χ1v) is 16.1. The van der Waals surface area contributed by atoms with Crippen LogP contribution in [0.5, 0.6) is 11.5 Å². The van der Waals surface area contributed by atoms with Gasteiger partial charge in [-0.3, -0.25) is 4.79 Å². The Kier molecular flexibility index (Phi) is 16.6. The maximum Gasteiger partial charge on any atom is 0.336 e. The topological polar surface area (TPSA) is 92.8 Å². The van der Waals surface area contributed by atoms with Crippen molar-refractivity contribution in [2.45, 2.75) is 31.7 Å². The van der Waals surface area contributed by atoms with Crippen molar-refractivity contribution in [3.8, 4) is 11.5 Å². The van der Waals surface area contributed by atoms with Gasteiger partial charge in [-0.1, -0.05) is 48.0 Å². The van der Waals surface area contributed by atoms with E-state index >= 15 is 0 Å². The summed E-state index contributed by atoms with van der Waals surface area (Å²) in [4.78, 5) is 27.8. The summed E-state index contributed by atoms with van der Waals surface area (Å²) in [6.07, 6.45) is 0.167. The lowest BCUT2D eigenvalue weighted by Gasteiger charge is -2.34. The first-order valence-electron chi connectivity index (χ1n) is 15.2. The number of amides is 1. The van der Waals surface area contributed by atoms with Crippen LogP contribution in [0, 0.1) is 0 Å². The highest BCUT2D eigenvalue weighted by Gasteiger charge is 2.36.